The molecule has 0 aromatic heterocycles. The van der Waals surface area contributed by atoms with E-state index >= 15 is 0 Å². The minimum absolute atomic E-state index is 0.216. The first kappa shape index (κ1) is 11.2. The van der Waals surface area contributed by atoms with Gasteiger partial charge >= 0.3 is 0 Å². The largest absolute Gasteiger partial charge is 0.286 e. The van der Waals surface area contributed by atoms with E-state index < -0.39 is 0 Å². The standard InChI is InChI=1S/C9H17IN2O/c1-7(2)11-5-6-12(10)8(13)9(11,3)4/h7H,5-6H2,1-4H3. The van der Waals surface area contributed by atoms with E-state index in [1.807, 2.05) is 13.8 Å². The third kappa shape index (κ3) is 1.98. The molecule has 0 radical (unpaired) electrons. The molecule has 0 saturated carbocycles. The van der Waals surface area contributed by atoms with Gasteiger partial charge in [0.1, 0.15) is 0 Å². The van der Waals surface area contributed by atoms with Crippen LogP contribution in [-0.2, 0) is 4.79 Å². The van der Waals surface area contributed by atoms with E-state index in [0.29, 0.717) is 6.04 Å². The van der Waals surface area contributed by atoms with Crippen LogP contribution in [0.4, 0.5) is 0 Å². The molecule has 1 aliphatic heterocycles. The fraction of sp³-hybridized carbons (Fsp3) is 0.889. The molecule has 0 atom stereocenters. The quantitative estimate of drug-likeness (QED) is 0.543. The van der Waals surface area contributed by atoms with Gasteiger partial charge in [-0.2, -0.15) is 0 Å². The smallest absolute Gasteiger partial charge is 0.251 e. The molecule has 0 aromatic carbocycles. The van der Waals surface area contributed by atoms with E-state index in [0.717, 1.165) is 13.1 Å². The average molecular weight is 296 g/mol. The Labute approximate surface area is 94.0 Å². The molecule has 0 aliphatic carbocycles. The van der Waals surface area contributed by atoms with Crippen LogP contribution in [0.25, 0.3) is 0 Å². The Bertz CT molecular complexity index is 216. The average Bonchev–Trinajstić information content (AvgIpc) is 1.99. The molecule has 0 N–H and O–H groups in total. The van der Waals surface area contributed by atoms with Crippen LogP contribution in [0.2, 0.25) is 0 Å². The summed E-state index contributed by atoms with van der Waals surface area (Å²) in [5.74, 6) is 0.216. The number of carbonyl (C=O) groups is 1. The van der Waals surface area contributed by atoms with Gasteiger partial charge in [0.15, 0.2) is 0 Å². The van der Waals surface area contributed by atoms with Crippen molar-refractivity contribution >= 4 is 28.8 Å². The van der Waals surface area contributed by atoms with Crippen LogP contribution in [0, 0.1) is 0 Å². The number of hydrogen-bond donors (Lipinski definition) is 0. The van der Waals surface area contributed by atoms with Crippen LogP contribution in [0.3, 0.4) is 0 Å². The van der Waals surface area contributed by atoms with Crippen molar-refractivity contribution in [2.45, 2.75) is 39.3 Å². The predicted molar refractivity (Wildman–Crippen MR) is 61.7 cm³/mol. The number of hydrogen-bond acceptors (Lipinski definition) is 2. The Hall–Kier alpha value is 0.160. The highest BCUT2D eigenvalue weighted by atomic mass is 127. The van der Waals surface area contributed by atoms with Gasteiger partial charge in [-0.25, -0.2) is 0 Å². The monoisotopic (exact) mass is 296 g/mol. The second kappa shape index (κ2) is 3.73. The third-order valence-corrected chi connectivity index (χ3v) is 3.54. The van der Waals surface area contributed by atoms with Gasteiger partial charge in [0, 0.05) is 19.1 Å². The second-order valence-electron chi connectivity index (χ2n) is 4.24. The zero-order valence-corrected chi connectivity index (χ0v) is 10.8. The van der Waals surface area contributed by atoms with E-state index in [-0.39, 0.29) is 11.4 Å². The van der Waals surface area contributed by atoms with E-state index in [9.17, 15) is 4.79 Å². The van der Waals surface area contributed by atoms with Gasteiger partial charge in [-0.3, -0.25) is 12.8 Å². The predicted octanol–water partition coefficient (Wildman–Crippen LogP) is 1.67. The maximum absolute atomic E-state index is 11.8. The molecule has 0 unspecified atom stereocenters. The van der Waals surface area contributed by atoms with Gasteiger partial charge in [-0.1, -0.05) is 0 Å². The Kier molecular flexibility index (Phi) is 3.22. The molecule has 1 aliphatic rings. The number of piperazine rings is 1. The molecule has 1 rings (SSSR count). The summed E-state index contributed by atoms with van der Waals surface area (Å²) in [4.78, 5) is 14.1. The van der Waals surface area contributed by atoms with Gasteiger partial charge in [-0.05, 0) is 27.7 Å². The highest BCUT2D eigenvalue weighted by Gasteiger charge is 2.41. The van der Waals surface area contributed by atoms with Crippen molar-refractivity contribution in [2.24, 2.45) is 0 Å². The maximum atomic E-state index is 11.8. The normalized spacial score (nSPS) is 24.2. The lowest BCUT2D eigenvalue weighted by Gasteiger charge is -2.46. The van der Waals surface area contributed by atoms with Crippen LogP contribution in [0.15, 0.2) is 0 Å². The highest BCUT2D eigenvalue weighted by molar-refractivity contribution is 14.1. The van der Waals surface area contributed by atoms with Crippen molar-refractivity contribution in [3.8, 4) is 0 Å². The van der Waals surface area contributed by atoms with Crippen molar-refractivity contribution in [3.05, 3.63) is 0 Å². The first-order chi connectivity index (χ1) is 5.87. The molecule has 1 amide bonds. The van der Waals surface area contributed by atoms with Crippen LogP contribution in [0.5, 0.6) is 0 Å². The lowest BCUT2D eigenvalue weighted by molar-refractivity contribution is -0.142. The zero-order valence-electron chi connectivity index (χ0n) is 8.67. The Morgan fingerprint density at radius 2 is 1.92 bits per heavy atom. The second-order valence-corrected chi connectivity index (χ2v) is 5.40. The molecule has 3 nitrogen and oxygen atoms in total. The summed E-state index contributed by atoms with van der Waals surface area (Å²) in [6, 6.07) is 0.434. The van der Waals surface area contributed by atoms with Crippen LogP contribution in [-0.4, -0.2) is 38.6 Å². The van der Waals surface area contributed by atoms with E-state index in [2.05, 4.69) is 41.6 Å². The summed E-state index contributed by atoms with van der Waals surface area (Å²) in [5.41, 5.74) is -0.340. The first-order valence-corrected chi connectivity index (χ1v) is 5.58. The summed E-state index contributed by atoms with van der Waals surface area (Å²) >= 11 is 2.10. The molecule has 0 aromatic rings. The lowest BCUT2D eigenvalue weighted by atomic mass is 9.97. The van der Waals surface area contributed by atoms with Crippen molar-refractivity contribution in [3.63, 3.8) is 0 Å². The van der Waals surface area contributed by atoms with E-state index in [1.165, 1.54) is 0 Å². The van der Waals surface area contributed by atoms with Crippen LogP contribution < -0.4 is 0 Å². The maximum Gasteiger partial charge on any atom is 0.251 e. The van der Waals surface area contributed by atoms with E-state index in [1.54, 1.807) is 3.11 Å². The van der Waals surface area contributed by atoms with Gasteiger partial charge in [0.2, 0.25) is 0 Å². The number of amides is 1. The minimum Gasteiger partial charge on any atom is -0.286 e. The summed E-state index contributed by atoms with van der Waals surface area (Å²) in [5, 5.41) is 0. The zero-order chi connectivity index (χ0) is 10.2. The SMILES string of the molecule is CC(C)N1CCN(I)C(=O)C1(C)C. The number of nitrogens with zero attached hydrogens (tertiary/aromatic N) is 2. The van der Waals surface area contributed by atoms with Crippen molar-refractivity contribution in [1.82, 2.24) is 8.01 Å². The molecule has 1 saturated heterocycles. The summed E-state index contributed by atoms with van der Waals surface area (Å²) in [6.07, 6.45) is 0. The number of halogens is 1. The molecule has 76 valence electrons. The van der Waals surface area contributed by atoms with Crippen LogP contribution >= 0.6 is 22.9 Å². The molecule has 13 heavy (non-hydrogen) atoms. The number of carbonyl (C=O) groups excluding carboxylic acids is 1. The van der Waals surface area contributed by atoms with E-state index in [4.69, 9.17) is 0 Å². The Balaban J connectivity index is 2.86. The highest BCUT2D eigenvalue weighted by Crippen LogP contribution is 2.26. The lowest BCUT2D eigenvalue weighted by Crippen LogP contribution is -2.62. The van der Waals surface area contributed by atoms with Gasteiger partial charge < -0.3 is 0 Å². The van der Waals surface area contributed by atoms with Gasteiger partial charge in [0.05, 0.1) is 28.4 Å². The van der Waals surface area contributed by atoms with Crippen molar-refractivity contribution in [1.29, 1.82) is 0 Å². The molecular weight excluding hydrogens is 279 g/mol. The molecule has 0 spiro atoms. The van der Waals surface area contributed by atoms with Crippen molar-refractivity contribution in [2.75, 3.05) is 13.1 Å². The molecule has 4 heteroatoms. The third-order valence-electron chi connectivity index (χ3n) is 2.62. The minimum atomic E-state index is -0.340. The Morgan fingerprint density at radius 1 is 1.38 bits per heavy atom. The molecule has 1 fully saturated rings. The summed E-state index contributed by atoms with van der Waals surface area (Å²) in [7, 11) is 0. The van der Waals surface area contributed by atoms with Gasteiger partial charge in [-0.15, -0.1) is 0 Å². The number of rotatable bonds is 1. The summed E-state index contributed by atoms with van der Waals surface area (Å²) < 4.78 is 1.79. The van der Waals surface area contributed by atoms with Crippen molar-refractivity contribution < 1.29 is 4.79 Å². The fourth-order valence-corrected chi connectivity index (χ4v) is 2.71. The molecular formula is C9H17IN2O. The topological polar surface area (TPSA) is 23.6 Å². The first-order valence-electron chi connectivity index (χ1n) is 4.62. The summed E-state index contributed by atoms with van der Waals surface area (Å²) in [6.45, 7) is 10.1. The van der Waals surface area contributed by atoms with Gasteiger partial charge in [0.25, 0.3) is 5.91 Å². The Morgan fingerprint density at radius 3 is 2.38 bits per heavy atom. The molecule has 1 heterocycles. The fourth-order valence-electron chi connectivity index (χ4n) is 1.90. The van der Waals surface area contributed by atoms with Crippen LogP contribution in [0.1, 0.15) is 27.7 Å². The molecule has 0 bridgehead atoms.